The molecule has 0 saturated carbocycles. The SMILES string of the molecule is Nc1nc(/C(=N\O)C(=O)NC2C(=O)N3C(C(=O)O)=C(/C=C/c4scnc4Cl)CS[C@H]23)ns1. The number of rotatable bonds is 6. The number of nitrogens with two attached hydrogens (primary N) is 1. The fraction of sp³-hybridized carbons (Fsp3) is 0.188. The maximum absolute atomic E-state index is 12.7. The number of carboxylic acids is 1. The molecule has 4 heterocycles. The molecule has 4 rings (SSSR count). The molecule has 0 radical (unpaired) electrons. The summed E-state index contributed by atoms with van der Waals surface area (Å²) in [6, 6.07) is -1.02. The third-order valence-electron chi connectivity index (χ3n) is 4.44. The van der Waals surface area contributed by atoms with E-state index in [9.17, 15) is 24.7 Å². The monoisotopic (exact) mass is 513 g/mol. The van der Waals surface area contributed by atoms with Gasteiger partial charge in [-0.1, -0.05) is 22.8 Å². The van der Waals surface area contributed by atoms with Crippen LogP contribution < -0.4 is 11.1 Å². The first-order valence-electron chi connectivity index (χ1n) is 8.62. The summed E-state index contributed by atoms with van der Waals surface area (Å²) in [5, 5.41) is 23.9. The average molecular weight is 514 g/mol. The van der Waals surface area contributed by atoms with E-state index in [0.29, 0.717) is 15.6 Å². The number of fused-ring (bicyclic) bond motifs is 1. The van der Waals surface area contributed by atoms with Crippen LogP contribution in [-0.4, -0.2) is 70.2 Å². The number of thiazole rings is 1. The van der Waals surface area contributed by atoms with Gasteiger partial charge in [-0.3, -0.25) is 14.5 Å². The number of nitrogens with one attached hydrogen (secondary N) is 1. The molecular weight excluding hydrogens is 502 g/mol. The predicted octanol–water partition coefficient (Wildman–Crippen LogP) is 0.861. The number of anilines is 1. The number of nitrogens with zero attached hydrogens (tertiary/aromatic N) is 5. The van der Waals surface area contributed by atoms with Crippen LogP contribution in [0.2, 0.25) is 5.15 Å². The second kappa shape index (κ2) is 8.85. The number of thioether (sulfide) groups is 1. The highest BCUT2D eigenvalue weighted by Crippen LogP contribution is 2.41. The lowest BCUT2D eigenvalue weighted by Crippen LogP contribution is -2.71. The number of allylic oxidation sites excluding steroid dienone is 1. The Balaban J connectivity index is 1.53. The van der Waals surface area contributed by atoms with Crippen LogP contribution in [-0.2, 0) is 14.4 Å². The Morgan fingerprint density at radius 1 is 1.41 bits per heavy atom. The van der Waals surface area contributed by atoms with Crippen molar-refractivity contribution >= 4 is 80.9 Å². The number of halogens is 1. The molecule has 2 aliphatic heterocycles. The zero-order chi connectivity index (χ0) is 23.0. The van der Waals surface area contributed by atoms with E-state index in [0.717, 1.165) is 16.4 Å². The molecule has 1 saturated heterocycles. The topological polar surface area (TPSA) is 184 Å². The van der Waals surface area contributed by atoms with Gasteiger partial charge < -0.3 is 21.4 Å². The van der Waals surface area contributed by atoms with Crippen molar-refractivity contribution in [1.82, 2.24) is 24.6 Å². The number of hydrogen-bond acceptors (Lipinski definition) is 12. The zero-order valence-electron chi connectivity index (χ0n) is 15.6. The Labute approximate surface area is 196 Å². The van der Waals surface area contributed by atoms with Gasteiger partial charge in [-0.2, -0.15) is 9.36 Å². The minimum atomic E-state index is -1.27. The first kappa shape index (κ1) is 22.2. The number of carboxylic acid groups (broad SMARTS) is 1. The highest BCUT2D eigenvalue weighted by molar-refractivity contribution is 8.00. The number of carbonyl (C=O) groups excluding carboxylic acids is 2. The van der Waals surface area contributed by atoms with Crippen molar-refractivity contribution in [2.45, 2.75) is 11.4 Å². The number of carbonyl (C=O) groups is 3. The van der Waals surface area contributed by atoms with Crippen molar-refractivity contribution in [3.05, 3.63) is 38.7 Å². The maximum Gasteiger partial charge on any atom is 0.352 e. The van der Waals surface area contributed by atoms with Crippen molar-refractivity contribution in [3.63, 3.8) is 0 Å². The molecule has 166 valence electrons. The van der Waals surface area contributed by atoms with Gasteiger partial charge in [0.1, 0.15) is 22.3 Å². The summed E-state index contributed by atoms with van der Waals surface area (Å²) in [6.45, 7) is 0. The number of nitrogen functional groups attached to an aromatic ring is 1. The molecule has 2 aliphatic rings. The van der Waals surface area contributed by atoms with Crippen LogP contribution in [0, 0.1) is 0 Å². The number of amides is 2. The lowest BCUT2D eigenvalue weighted by Gasteiger charge is -2.49. The van der Waals surface area contributed by atoms with Gasteiger partial charge in [-0.15, -0.1) is 23.1 Å². The largest absolute Gasteiger partial charge is 0.477 e. The first-order valence-corrected chi connectivity index (χ1v) is 11.7. The van der Waals surface area contributed by atoms with Gasteiger partial charge in [0, 0.05) is 17.3 Å². The maximum atomic E-state index is 12.7. The highest BCUT2D eigenvalue weighted by Gasteiger charge is 2.54. The van der Waals surface area contributed by atoms with Crippen LogP contribution in [0.3, 0.4) is 0 Å². The second-order valence-electron chi connectivity index (χ2n) is 6.29. The summed E-state index contributed by atoms with van der Waals surface area (Å²) in [7, 11) is 0. The number of oxime groups is 1. The smallest absolute Gasteiger partial charge is 0.352 e. The first-order chi connectivity index (χ1) is 15.3. The van der Waals surface area contributed by atoms with E-state index in [1.807, 2.05) is 0 Å². The summed E-state index contributed by atoms with van der Waals surface area (Å²) in [4.78, 5) is 46.6. The molecule has 0 spiro atoms. The number of aliphatic carboxylic acids is 1. The minimum Gasteiger partial charge on any atom is -0.477 e. The van der Waals surface area contributed by atoms with Crippen molar-refractivity contribution < 1.29 is 24.7 Å². The molecule has 1 fully saturated rings. The van der Waals surface area contributed by atoms with Crippen molar-refractivity contribution in [2.75, 3.05) is 11.5 Å². The van der Waals surface area contributed by atoms with E-state index in [1.165, 1.54) is 23.1 Å². The van der Waals surface area contributed by atoms with Gasteiger partial charge >= 0.3 is 5.97 Å². The Bertz CT molecular complexity index is 1210. The molecular formula is C16H12ClN7O5S3. The Hall–Kier alpha value is -3.01. The van der Waals surface area contributed by atoms with E-state index < -0.39 is 34.9 Å². The Morgan fingerprint density at radius 3 is 2.78 bits per heavy atom. The van der Waals surface area contributed by atoms with Crippen LogP contribution >= 0.6 is 46.2 Å². The molecule has 0 aromatic carbocycles. The summed E-state index contributed by atoms with van der Waals surface area (Å²) in [5.74, 6) is -2.69. The molecule has 1 unspecified atom stereocenters. The van der Waals surface area contributed by atoms with Gasteiger partial charge in [0.2, 0.25) is 11.5 Å². The van der Waals surface area contributed by atoms with Crippen LogP contribution in [0.15, 0.2) is 28.0 Å². The van der Waals surface area contributed by atoms with Gasteiger partial charge in [0.05, 0.1) is 10.4 Å². The van der Waals surface area contributed by atoms with Crippen LogP contribution in [0.5, 0.6) is 0 Å². The average Bonchev–Trinajstić information content (AvgIpc) is 3.37. The summed E-state index contributed by atoms with van der Waals surface area (Å²) in [6.07, 6.45) is 3.22. The van der Waals surface area contributed by atoms with E-state index >= 15 is 0 Å². The lowest BCUT2D eigenvalue weighted by molar-refractivity contribution is -0.150. The molecule has 0 bridgehead atoms. The van der Waals surface area contributed by atoms with Crippen molar-refractivity contribution in [1.29, 1.82) is 0 Å². The van der Waals surface area contributed by atoms with E-state index in [4.69, 9.17) is 17.3 Å². The molecule has 5 N–H and O–H groups in total. The summed E-state index contributed by atoms with van der Waals surface area (Å²) >= 11 is 9.33. The summed E-state index contributed by atoms with van der Waals surface area (Å²) in [5.41, 5.74) is 6.77. The molecule has 32 heavy (non-hydrogen) atoms. The Morgan fingerprint density at radius 2 is 2.19 bits per heavy atom. The van der Waals surface area contributed by atoms with Gasteiger partial charge in [0.15, 0.2) is 5.13 Å². The van der Waals surface area contributed by atoms with Gasteiger partial charge in [0.25, 0.3) is 11.8 Å². The van der Waals surface area contributed by atoms with E-state index in [1.54, 1.807) is 17.7 Å². The third kappa shape index (κ3) is 3.94. The standard InChI is InChI=1S/C16H12ClN7O5S3/c17-10-6(31-4-19-10)2-1-5-3-30-14-8(13(26)24(14)9(5)15(27)28)20-12(25)7(22-29)11-21-16(18)32-23-11/h1-2,4,8,14,29H,3H2,(H,20,25)(H,27,28)(H2,18,21,23)/b2-1+,22-7+/t8?,14-/m1/s1. The van der Waals surface area contributed by atoms with Crippen LogP contribution in [0.1, 0.15) is 10.7 Å². The number of hydrogen-bond donors (Lipinski definition) is 4. The molecule has 2 aromatic heterocycles. The molecule has 2 aromatic rings. The number of aromatic nitrogens is 3. The Kier molecular flexibility index (Phi) is 6.14. The lowest BCUT2D eigenvalue weighted by atomic mass is 10.0. The van der Waals surface area contributed by atoms with E-state index in [2.05, 4.69) is 24.8 Å². The molecule has 2 atom stereocenters. The van der Waals surface area contributed by atoms with Crippen molar-refractivity contribution in [2.24, 2.45) is 5.16 Å². The highest BCUT2D eigenvalue weighted by atomic mass is 35.5. The number of β-lactam (4-membered cyclic amide) rings is 1. The molecule has 12 nitrogen and oxygen atoms in total. The fourth-order valence-corrected chi connectivity index (χ4v) is 5.65. The van der Waals surface area contributed by atoms with Crippen molar-refractivity contribution in [3.8, 4) is 0 Å². The van der Waals surface area contributed by atoms with Crippen LogP contribution in [0.25, 0.3) is 6.08 Å². The van der Waals surface area contributed by atoms with Crippen LogP contribution in [0.4, 0.5) is 5.13 Å². The zero-order valence-corrected chi connectivity index (χ0v) is 18.8. The summed E-state index contributed by atoms with van der Waals surface area (Å²) < 4.78 is 3.80. The minimum absolute atomic E-state index is 0.0686. The quantitative estimate of drug-likeness (QED) is 0.187. The normalized spacial score (nSPS) is 21.0. The fourth-order valence-electron chi connectivity index (χ4n) is 3.03. The van der Waals surface area contributed by atoms with Gasteiger partial charge in [-0.05, 0) is 11.6 Å². The molecule has 0 aliphatic carbocycles. The predicted molar refractivity (Wildman–Crippen MR) is 118 cm³/mol. The second-order valence-corrected chi connectivity index (χ2v) is 9.42. The third-order valence-corrected chi connectivity index (χ3v) is 7.49. The molecule has 2 amide bonds. The molecule has 16 heteroatoms. The van der Waals surface area contributed by atoms with Gasteiger partial charge in [-0.25, -0.2) is 9.78 Å². The van der Waals surface area contributed by atoms with E-state index in [-0.39, 0.29) is 22.4 Å².